The van der Waals surface area contributed by atoms with E-state index in [-0.39, 0.29) is 29.2 Å². The molecule has 3 heterocycles. The highest BCUT2D eigenvalue weighted by Crippen LogP contribution is 2.53. The van der Waals surface area contributed by atoms with Crippen LogP contribution in [0.25, 0.3) is 5.76 Å². The van der Waals surface area contributed by atoms with Gasteiger partial charge in [0.2, 0.25) is 10.0 Å². The zero-order valence-corrected chi connectivity index (χ0v) is 22.7. The summed E-state index contributed by atoms with van der Waals surface area (Å²) in [5.41, 5.74) is -1.10. The maximum atomic E-state index is 14.2. The molecule has 0 saturated carbocycles. The Kier molecular flexibility index (Phi) is 7.08. The van der Waals surface area contributed by atoms with Gasteiger partial charge in [-0.2, -0.15) is 4.31 Å². The molecule has 11 heteroatoms. The van der Waals surface area contributed by atoms with E-state index in [1.165, 1.54) is 40.6 Å². The Morgan fingerprint density at radius 1 is 1.00 bits per heavy atom. The Hall–Kier alpha value is -3.54. The Morgan fingerprint density at radius 3 is 2.31 bits per heavy atom. The van der Waals surface area contributed by atoms with Crippen molar-refractivity contribution in [1.82, 2.24) is 9.21 Å². The second-order valence-corrected chi connectivity index (χ2v) is 11.8. The standard InChI is InChI=1S/C28H31N3O7S/c1-3-14-30-22-9-5-4-8-21(22)28(27(30)35)23(25(33)26(34)31(28)17-18-38-2)24(32)19-10-12-20(13-11-19)39(36,37)29-15-6-7-16-29/h4-5,8-13,32H,3,6-7,14-18H2,1-2H3/b24-23+. The molecule has 0 bridgehead atoms. The van der Waals surface area contributed by atoms with E-state index in [0.717, 1.165) is 12.8 Å². The molecule has 1 N–H and O–H groups in total. The number of nitrogens with zero attached hydrogens (tertiary/aromatic N) is 3. The Bertz CT molecular complexity index is 1460. The van der Waals surface area contributed by atoms with Crippen LogP contribution in [-0.2, 0) is 34.7 Å². The van der Waals surface area contributed by atoms with Gasteiger partial charge in [-0.15, -0.1) is 0 Å². The fourth-order valence-electron chi connectivity index (χ4n) is 5.80. The summed E-state index contributed by atoms with van der Waals surface area (Å²) in [6.07, 6.45) is 2.23. The molecule has 3 aliphatic rings. The highest BCUT2D eigenvalue weighted by Gasteiger charge is 2.66. The molecule has 1 spiro atoms. The van der Waals surface area contributed by atoms with E-state index in [1.807, 2.05) is 6.92 Å². The van der Waals surface area contributed by atoms with E-state index >= 15 is 0 Å². The number of carbonyl (C=O) groups is 3. The number of ether oxygens (including phenoxy) is 1. The summed E-state index contributed by atoms with van der Waals surface area (Å²) in [6.45, 7) is 3.19. The van der Waals surface area contributed by atoms with Gasteiger partial charge >= 0.3 is 0 Å². The van der Waals surface area contributed by atoms with Crippen molar-refractivity contribution >= 4 is 39.1 Å². The quantitative estimate of drug-likeness (QED) is 0.303. The first-order valence-electron chi connectivity index (χ1n) is 13.0. The van der Waals surface area contributed by atoms with Gasteiger partial charge in [-0.05, 0) is 49.6 Å². The molecule has 1 unspecified atom stereocenters. The molecule has 0 radical (unpaired) electrons. The van der Waals surface area contributed by atoms with Gasteiger partial charge in [0.25, 0.3) is 17.6 Å². The number of fused-ring (bicyclic) bond motifs is 2. The number of aliphatic hydroxyl groups excluding tert-OH is 1. The number of Topliss-reactive ketones (excluding diaryl/α,β-unsaturated/α-hetero) is 1. The van der Waals surface area contributed by atoms with Crippen LogP contribution in [0.4, 0.5) is 5.69 Å². The molecule has 2 fully saturated rings. The van der Waals surface area contributed by atoms with E-state index in [4.69, 9.17) is 4.74 Å². The molecule has 2 amide bonds. The summed E-state index contributed by atoms with van der Waals surface area (Å²) in [5, 5.41) is 11.6. The molecule has 39 heavy (non-hydrogen) atoms. The molecule has 10 nitrogen and oxygen atoms in total. The highest BCUT2D eigenvalue weighted by molar-refractivity contribution is 7.89. The van der Waals surface area contributed by atoms with Crippen molar-refractivity contribution in [3.8, 4) is 0 Å². The van der Waals surface area contributed by atoms with Gasteiger partial charge in [0.15, 0.2) is 5.54 Å². The van der Waals surface area contributed by atoms with Crippen LogP contribution in [0.3, 0.4) is 0 Å². The molecule has 0 aliphatic carbocycles. The monoisotopic (exact) mass is 553 g/mol. The summed E-state index contributed by atoms with van der Waals surface area (Å²) >= 11 is 0. The van der Waals surface area contributed by atoms with Gasteiger partial charge in [0, 0.05) is 44.4 Å². The molecular weight excluding hydrogens is 522 g/mol. The molecule has 1 atom stereocenters. The summed E-state index contributed by atoms with van der Waals surface area (Å²) < 4.78 is 32.6. The minimum atomic E-state index is -3.69. The summed E-state index contributed by atoms with van der Waals surface area (Å²) in [4.78, 5) is 44.0. The van der Waals surface area contributed by atoms with Crippen molar-refractivity contribution in [1.29, 1.82) is 0 Å². The highest BCUT2D eigenvalue weighted by atomic mass is 32.2. The van der Waals surface area contributed by atoms with Crippen LogP contribution in [0, 0.1) is 0 Å². The minimum absolute atomic E-state index is 0.0507. The number of ketones is 1. The van der Waals surface area contributed by atoms with Crippen LogP contribution in [-0.4, -0.2) is 80.2 Å². The van der Waals surface area contributed by atoms with Crippen molar-refractivity contribution < 1.29 is 32.6 Å². The van der Waals surface area contributed by atoms with Crippen LogP contribution < -0.4 is 4.90 Å². The maximum Gasteiger partial charge on any atom is 0.296 e. The Labute approximate surface area is 227 Å². The van der Waals surface area contributed by atoms with Crippen molar-refractivity contribution in [2.45, 2.75) is 36.6 Å². The number of para-hydroxylation sites is 1. The molecule has 0 aromatic heterocycles. The van der Waals surface area contributed by atoms with E-state index in [2.05, 4.69) is 0 Å². The minimum Gasteiger partial charge on any atom is -0.507 e. The topological polar surface area (TPSA) is 125 Å². The van der Waals surface area contributed by atoms with Crippen LogP contribution in [0.1, 0.15) is 37.3 Å². The second-order valence-electron chi connectivity index (χ2n) is 9.82. The third kappa shape index (κ3) is 3.98. The second kappa shape index (κ2) is 10.2. The fraction of sp³-hybridized carbons (Fsp3) is 0.393. The van der Waals surface area contributed by atoms with Gasteiger partial charge in [0.1, 0.15) is 5.76 Å². The molecule has 2 aromatic rings. The van der Waals surface area contributed by atoms with Crippen molar-refractivity contribution in [2.75, 3.05) is 44.8 Å². The lowest BCUT2D eigenvalue weighted by atomic mass is 9.82. The predicted octanol–water partition coefficient (Wildman–Crippen LogP) is 2.45. The third-order valence-corrected chi connectivity index (χ3v) is 9.52. The van der Waals surface area contributed by atoms with Crippen LogP contribution in [0.5, 0.6) is 0 Å². The first-order valence-corrected chi connectivity index (χ1v) is 14.5. The van der Waals surface area contributed by atoms with Gasteiger partial charge in [0.05, 0.1) is 22.8 Å². The molecule has 2 saturated heterocycles. The summed E-state index contributed by atoms with van der Waals surface area (Å²) in [5.74, 6) is -2.95. The van der Waals surface area contributed by atoms with Gasteiger partial charge in [-0.1, -0.05) is 25.1 Å². The lowest BCUT2D eigenvalue weighted by Crippen LogP contribution is -2.52. The average Bonchev–Trinajstić information content (AvgIpc) is 3.62. The van der Waals surface area contributed by atoms with Crippen LogP contribution >= 0.6 is 0 Å². The molecule has 206 valence electrons. The summed E-state index contributed by atoms with van der Waals surface area (Å²) in [6, 6.07) is 12.5. The molecule has 3 aliphatic heterocycles. The Morgan fingerprint density at radius 2 is 1.67 bits per heavy atom. The normalized spacial score (nSPS) is 22.9. The third-order valence-electron chi connectivity index (χ3n) is 7.61. The van der Waals surface area contributed by atoms with E-state index in [9.17, 15) is 27.9 Å². The number of likely N-dealkylation sites (tertiary alicyclic amines) is 1. The number of methoxy groups -OCH3 is 1. The van der Waals surface area contributed by atoms with E-state index in [0.29, 0.717) is 37.3 Å². The Balaban J connectivity index is 1.69. The SMILES string of the molecule is CCCN1C(=O)C2(/C(=C(/O)c3ccc(S(=O)(=O)N4CCCC4)cc3)C(=O)C(=O)N2CCOC)c2ccccc21. The van der Waals surface area contributed by atoms with Crippen molar-refractivity contribution in [3.05, 3.63) is 65.2 Å². The number of carbonyl (C=O) groups excluding carboxylic acids is 3. The number of benzene rings is 2. The van der Waals surface area contributed by atoms with Crippen LogP contribution in [0.15, 0.2) is 59.0 Å². The molecular formula is C28H31N3O7S. The number of anilines is 1. The van der Waals surface area contributed by atoms with E-state index < -0.39 is 38.9 Å². The molecule has 2 aromatic carbocycles. The first-order chi connectivity index (χ1) is 18.7. The zero-order chi connectivity index (χ0) is 27.9. The number of hydrogen-bond donors (Lipinski definition) is 1. The largest absolute Gasteiger partial charge is 0.507 e. The number of aliphatic hydroxyl groups is 1. The zero-order valence-electron chi connectivity index (χ0n) is 21.9. The number of amides is 2. The molecule has 5 rings (SSSR count). The first kappa shape index (κ1) is 27.0. The lowest BCUT2D eigenvalue weighted by molar-refractivity contribution is -0.144. The number of hydrogen-bond acceptors (Lipinski definition) is 7. The van der Waals surface area contributed by atoms with Gasteiger partial charge < -0.3 is 19.6 Å². The van der Waals surface area contributed by atoms with Gasteiger partial charge in [-0.25, -0.2) is 8.42 Å². The number of rotatable bonds is 8. The van der Waals surface area contributed by atoms with Gasteiger partial charge in [-0.3, -0.25) is 14.4 Å². The summed E-state index contributed by atoms with van der Waals surface area (Å²) in [7, 11) is -2.24. The van der Waals surface area contributed by atoms with Crippen LogP contribution in [0.2, 0.25) is 0 Å². The lowest BCUT2D eigenvalue weighted by Gasteiger charge is -2.34. The van der Waals surface area contributed by atoms with E-state index in [1.54, 1.807) is 29.2 Å². The fourth-order valence-corrected chi connectivity index (χ4v) is 7.32. The maximum absolute atomic E-state index is 14.2. The average molecular weight is 554 g/mol. The van der Waals surface area contributed by atoms with Crippen molar-refractivity contribution in [3.63, 3.8) is 0 Å². The number of sulfonamides is 1. The van der Waals surface area contributed by atoms with Crippen molar-refractivity contribution in [2.24, 2.45) is 0 Å². The smallest absolute Gasteiger partial charge is 0.296 e. The predicted molar refractivity (Wildman–Crippen MR) is 143 cm³/mol.